The molecule has 1 aromatic rings. The van der Waals surface area contributed by atoms with E-state index in [4.69, 9.17) is 5.73 Å². The van der Waals surface area contributed by atoms with E-state index in [2.05, 4.69) is 21.2 Å². The molecule has 1 rings (SSSR count). The van der Waals surface area contributed by atoms with Crippen molar-refractivity contribution in [2.75, 3.05) is 13.1 Å². The lowest BCUT2D eigenvalue weighted by Crippen LogP contribution is -2.26. The second-order valence-corrected chi connectivity index (χ2v) is 3.88. The third-order valence-corrected chi connectivity index (χ3v) is 2.50. The van der Waals surface area contributed by atoms with Crippen molar-refractivity contribution in [2.45, 2.75) is 6.42 Å². The van der Waals surface area contributed by atoms with Gasteiger partial charge in [0.25, 0.3) is 5.91 Å². The molecule has 1 amide bonds. The van der Waals surface area contributed by atoms with Crippen molar-refractivity contribution in [1.82, 2.24) is 5.32 Å². The molecule has 0 radical (unpaired) electrons. The van der Waals surface area contributed by atoms with Crippen molar-refractivity contribution in [3.8, 4) is 0 Å². The summed E-state index contributed by atoms with van der Waals surface area (Å²) in [4.78, 5) is 11.5. The minimum absolute atomic E-state index is 0.227. The lowest BCUT2D eigenvalue weighted by atomic mass is 10.2. The lowest BCUT2D eigenvalue weighted by molar-refractivity contribution is 0.0952. The van der Waals surface area contributed by atoms with Crippen molar-refractivity contribution in [1.29, 1.82) is 0 Å². The monoisotopic (exact) mass is 274 g/mol. The molecule has 0 aliphatic rings. The highest BCUT2D eigenvalue weighted by Gasteiger charge is 2.09. The van der Waals surface area contributed by atoms with Gasteiger partial charge < -0.3 is 11.1 Å². The van der Waals surface area contributed by atoms with Crippen LogP contribution < -0.4 is 11.1 Å². The van der Waals surface area contributed by atoms with Gasteiger partial charge >= 0.3 is 0 Å². The number of rotatable bonds is 4. The molecule has 3 N–H and O–H groups in total. The van der Waals surface area contributed by atoms with E-state index in [0.29, 0.717) is 23.1 Å². The predicted octanol–water partition coefficient (Wildman–Crippen LogP) is 1.67. The number of nitrogens with two attached hydrogens (primary N) is 1. The molecule has 5 heteroatoms. The van der Waals surface area contributed by atoms with Gasteiger partial charge in [-0.25, -0.2) is 4.39 Å². The average Bonchev–Trinajstić information content (AvgIpc) is 2.17. The maximum absolute atomic E-state index is 12.7. The van der Waals surface area contributed by atoms with Gasteiger partial charge in [-0.3, -0.25) is 4.79 Å². The second-order valence-electron chi connectivity index (χ2n) is 3.02. The van der Waals surface area contributed by atoms with Crippen LogP contribution in [0.2, 0.25) is 0 Å². The number of hydrogen-bond donors (Lipinski definition) is 2. The molecule has 3 nitrogen and oxygen atoms in total. The Kier molecular flexibility index (Phi) is 4.71. The van der Waals surface area contributed by atoms with Gasteiger partial charge in [0.15, 0.2) is 0 Å². The van der Waals surface area contributed by atoms with Crippen LogP contribution >= 0.6 is 15.9 Å². The smallest absolute Gasteiger partial charge is 0.252 e. The van der Waals surface area contributed by atoms with Crippen LogP contribution in [-0.2, 0) is 0 Å². The molecule has 82 valence electrons. The number of amides is 1. The van der Waals surface area contributed by atoms with E-state index in [1.165, 1.54) is 18.2 Å². The van der Waals surface area contributed by atoms with Gasteiger partial charge in [-0.05, 0) is 47.1 Å². The number of nitrogens with one attached hydrogen (secondary N) is 1. The van der Waals surface area contributed by atoms with Crippen LogP contribution in [0, 0.1) is 5.82 Å². The van der Waals surface area contributed by atoms with Crippen molar-refractivity contribution in [2.24, 2.45) is 5.73 Å². The summed E-state index contributed by atoms with van der Waals surface area (Å²) in [7, 11) is 0. The first kappa shape index (κ1) is 12.1. The number of halogens is 2. The Hall–Kier alpha value is -0.940. The Labute approximate surface area is 96.0 Å². The molecule has 0 bridgehead atoms. The van der Waals surface area contributed by atoms with E-state index in [1.54, 1.807) is 0 Å². The highest BCUT2D eigenvalue weighted by Crippen LogP contribution is 2.17. The van der Waals surface area contributed by atoms with E-state index < -0.39 is 0 Å². The lowest BCUT2D eigenvalue weighted by Gasteiger charge is -2.05. The average molecular weight is 275 g/mol. The number of carbonyl (C=O) groups is 1. The fourth-order valence-corrected chi connectivity index (χ4v) is 1.60. The zero-order valence-electron chi connectivity index (χ0n) is 8.09. The largest absolute Gasteiger partial charge is 0.352 e. The first-order valence-corrected chi connectivity index (χ1v) is 5.37. The van der Waals surface area contributed by atoms with Crippen LogP contribution in [0.15, 0.2) is 22.7 Å². The molecule has 0 aliphatic heterocycles. The van der Waals surface area contributed by atoms with E-state index in [-0.39, 0.29) is 11.7 Å². The Bertz CT molecular complexity index is 357. The maximum atomic E-state index is 12.7. The summed E-state index contributed by atoms with van der Waals surface area (Å²) in [5, 5.41) is 2.69. The Morgan fingerprint density at radius 3 is 2.87 bits per heavy atom. The van der Waals surface area contributed by atoms with Gasteiger partial charge in [0.1, 0.15) is 5.82 Å². The van der Waals surface area contributed by atoms with Crippen molar-refractivity contribution in [3.63, 3.8) is 0 Å². The summed E-state index contributed by atoms with van der Waals surface area (Å²) < 4.78 is 13.2. The molecule has 0 atom stereocenters. The first-order valence-electron chi connectivity index (χ1n) is 4.58. The van der Waals surface area contributed by atoms with Crippen LogP contribution in [-0.4, -0.2) is 19.0 Å². The molecule has 0 heterocycles. The van der Waals surface area contributed by atoms with Crippen LogP contribution in [0.5, 0.6) is 0 Å². The number of carbonyl (C=O) groups excluding carboxylic acids is 1. The molecule has 1 aromatic carbocycles. The van der Waals surface area contributed by atoms with Crippen LogP contribution in [0.1, 0.15) is 16.8 Å². The molecular formula is C10H12BrFN2O. The minimum atomic E-state index is -0.375. The van der Waals surface area contributed by atoms with Gasteiger partial charge in [-0.15, -0.1) is 0 Å². The van der Waals surface area contributed by atoms with E-state index in [1.807, 2.05) is 0 Å². The zero-order valence-corrected chi connectivity index (χ0v) is 9.68. The van der Waals surface area contributed by atoms with E-state index in [9.17, 15) is 9.18 Å². The molecule has 0 aliphatic carbocycles. The summed E-state index contributed by atoms with van der Waals surface area (Å²) in [5.74, 6) is -0.601. The molecule has 0 fully saturated rings. The number of hydrogen-bond acceptors (Lipinski definition) is 2. The molecule has 15 heavy (non-hydrogen) atoms. The fraction of sp³-hybridized carbons (Fsp3) is 0.300. The quantitative estimate of drug-likeness (QED) is 0.821. The second kappa shape index (κ2) is 5.82. The first-order chi connectivity index (χ1) is 7.15. The SMILES string of the molecule is NCCCNC(=O)c1ccc(F)cc1Br. The Balaban J connectivity index is 2.65. The summed E-state index contributed by atoms with van der Waals surface area (Å²) in [6, 6.07) is 3.96. The topological polar surface area (TPSA) is 55.1 Å². The summed E-state index contributed by atoms with van der Waals surface area (Å²) >= 11 is 3.13. The summed E-state index contributed by atoms with van der Waals surface area (Å²) in [6.07, 6.45) is 0.727. The summed E-state index contributed by atoms with van der Waals surface area (Å²) in [5.41, 5.74) is 5.72. The standard InChI is InChI=1S/C10H12BrFN2O/c11-9-6-7(12)2-3-8(9)10(15)14-5-1-4-13/h2-3,6H,1,4-5,13H2,(H,14,15). The normalized spacial score (nSPS) is 10.1. The molecule has 0 saturated carbocycles. The van der Waals surface area contributed by atoms with Crippen molar-refractivity contribution in [3.05, 3.63) is 34.1 Å². The van der Waals surface area contributed by atoms with Gasteiger partial charge in [-0.1, -0.05) is 0 Å². The highest BCUT2D eigenvalue weighted by molar-refractivity contribution is 9.10. The maximum Gasteiger partial charge on any atom is 0.252 e. The zero-order chi connectivity index (χ0) is 11.3. The Morgan fingerprint density at radius 1 is 1.53 bits per heavy atom. The van der Waals surface area contributed by atoms with Gasteiger partial charge in [0.2, 0.25) is 0 Å². The van der Waals surface area contributed by atoms with E-state index in [0.717, 1.165) is 6.42 Å². The van der Waals surface area contributed by atoms with Crippen molar-refractivity contribution >= 4 is 21.8 Å². The molecule has 0 aromatic heterocycles. The third-order valence-electron chi connectivity index (χ3n) is 1.84. The molecule has 0 unspecified atom stereocenters. The molecule has 0 spiro atoms. The van der Waals surface area contributed by atoms with Crippen LogP contribution in [0.25, 0.3) is 0 Å². The van der Waals surface area contributed by atoms with Crippen molar-refractivity contribution < 1.29 is 9.18 Å². The number of benzene rings is 1. The summed E-state index contributed by atoms with van der Waals surface area (Å²) in [6.45, 7) is 1.06. The minimum Gasteiger partial charge on any atom is -0.352 e. The predicted molar refractivity (Wildman–Crippen MR) is 60.1 cm³/mol. The highest BCUT2D eigenvalue weighted by atomic mass is 79.9. The molecular weight excluding hydrogens is 263 g/mol. The van der Waals surface area contributed by atoms with Gasteiger partial charge in [-0.2, -0.15) is 0 Å². The Morgan fingerprint density at radius 2 is 2.27 bits per heavy atom. The van der Waals surface area contributed by atoms with Gasteiger partial charge in [0, 0.05) is 11.0 Å². The fourth-order valence-electron chi connectivity index (χ4n) is 1.07. The third kappa shape index (κ3) is 3.60. The molecule has 0 saturated heterocycles. The van der Waals surface area contributed by atoms with E-state index >= 15 is 0 Å². The van der Waals surface area contributed by atoms with Crippen LogP contribution in [0.4, 0.5) is 4.39 Å². The van der Waals surface area contributed by atoms with Crippen LogP contribution in [0.3, 0.4) is 0 Å². The van der Waals surface area contributed by atoms with Gasteiger partial charge in [0.05, 0.1) is 5.56 Å².